The Bertz CT molecular complexity index is 652. The van der Waals surface area contributed by atoms with Crippen molar-refractivity contribution < 1.29 is 14.0 Å². The first-order valence-corrected chi connectivity index (χ1v) is 6.24. The second-order valence-electron chi connectivity index (χ2n) is 4.19. The van der Waals surface area contributed by atoms with Gasteiger partial charge in [-0.1, -0.05) is 30.3 Å². The zero-order valence-electron chi connectivity index (χ0n) is 11.0. The minimum absolute atomic E-state index is 0.341. The topological polar surface area (TPSA) is 58.2 Å². The molecule has 0 heterocycles. The van der Waals surface area contributed by atoms with Crippen LogP contribution in [0.5, 0.6) is 0 Å². The van der Waals surface area contributed by atoms with Crippen LogP contribution in [-0.4, -0.2) is 11.8 Å². The summed E-state index contributed by atoms with van der Waals surface area (Å²) in [5.41, 5.74) is 5.68. The molecule has 2 aromatic rings. The maximum atomic E-state index is 12.7. The maximum absolute atomic E-state index is 12.7. The van der Waals surface area contributed by atoms with Crippen LogP contribution in [0.15, 0.2) is 60.7 Å². The van der Waals surface area contributed by atoms with Gasteiger partial charge in [-0.25, -0.2) is 4.39 Å². The van der Waals surface area contributed by atoms with Crippen molar-refractivity contribution in [1.29, 1.82) is 0 Å². The first-order chi connectivity index (χ1) is 10.1. The molecule has 0 aliphatic rings. The van der Waals surface area contributed by atoms with E-state index in [0.717, 1.165) is 0 Å². The Morgan fingerprint density at radius 3 is 2.24 bits per heavy atom. The van der Waals surface area contributed by atoms with Gasteiger partial charge >= 0.3 is 0 Å². The Kier molecular flexibility index (Phi) is 4.82. The number of carbonyl (C=O) groups is 2. The predicted molar refractivity (Wildman–Crippen MR) is 77.5 cm³/mol. The molecular weight excluding hydrogens is 271 g/mol. The Labute approximate surface area is 121 Å². The third kappa shape index (κ3) is 4.58. The molecule has 0 atom stereocenters. The minimum atomic E-state index is -0.483. The van der Waals surface area contributed by atoms with Crippen LogP contribution < -0.4 is 10.9 Å². The zero-order chi connectivity index (χ0) is 15.1. The van der Waals surface area contributed by atoms with Crippen molar-refractivity contribution in [2.45, 2.75) is 0 Å². The fourth-order valence-electron chi connectivity index (χ4n) is 1.57. The first kappa shape index (κ1) is 14.5. The van der Waals surface area contributed by atoms with E-state index in [1.165, 1.54) is 24.3 Å². The lowest BCUT2D eigenvalue weighted by molar-refractivity contribution is -0.117. The van der Waals surface area contributed by atoms with E-state index >= 15 is 0 Å². The summed E-state index contributed by atoms with van der Waals surface area (Å²) in [5, 5.41) is 0. The summed E-state index contributed by atoms with van der Waals surface area (Å²) in [6.07, 6.45) is 2.77. The molecule has 0 fully saturated rings. The molecule has 4 nitrogen and oxygen atoms in total. The third-order valence-corrected chi connectivity index (χ3v) is 2.63. The molecule has 0 aliphatic carbocycles. The summed E-state index contributed by atoms with van der Waals surface area (Å²) in [7, 11) is 0. The molecule has 0 unspecified atom stereocenters. The highest BCUT2D eigenvalue weighted by atomic mass is 19.1. The lowest BCUT2D eigenvalue weighted by atomic mass is 10.2. The quantitative estimate of drug-likeness (QED) is 0.671. The summed E-state index contributed by atoms with van der Waals surface area (Å²) in [5.74, 6) is -1.23. The molecule has 0 radical (unpaired) electrons. The molecule has 0 spiro atoms. The lowest BCUT2D eigenvalue weighted by Crippen LogP contribution is -2.40. The Hall–Kier alpha value is -2.95. The van der Waals surface area contributed by atoms with Crippen molar-refractivity contribution in [1.82, 2.24) is 10.9 Å². The largest absolute Gasteiger partial charge is 0.269 e. The second kappa shape index (κ2) is 7.00. The summed E-state index contributed by atoms with van der Waals surface area (Å²) in [4.78, 5) is 23.2. The van der Waals surface area contributed by atoms with Gasteiger partial charge in [0.15, 0.2) is 0 Å². The monoisotopic (exact) mass is 284 g/mol. The molecule has 2 amide bonds. The van der Waals surface area contributed by atoms with Crippen LogP contribution in [0.3, 0.4) is 0 Å². The fourth-order valence-corrected chi connectivity index (χ4v) is 1.57. The zero-order valence-corrected chi connectivity index (χ0v) is 11.0. The van der Waals surface area contributed by atoms with Gasteiger partial charge < -0.3 is 0 Å². The van der Waals surface area contributed by atoms with Gasteiger partial charge in [0.1, 0.15) is 5.82 Å². The third-order valence-electron chi connectivity index (χ3n) is 2.63. The van der Waals surface area contributed by atoms with Crippen LogP contribution in [0.4, 0.5) is 4.39 Å². The van der Waals surface area contributed by atoms with Gasteiger partial charge in [-0.05, 0) is 35.9 Å². The normalized spacial score (nSPS) is 10.3. The molecule has 106 valence electrons. The maximum Gasteiger partial charge on any atom is 0.269 e. The number of carbonyl (C=O) groups excluding carboxylic acids is 2. The van der Waals surface area contributed by atoms with Crippen molar-refractivity contribution in [3.63, 3.8) is 0 Å². The van der Waals surface area contributed by atoms with E-state index < -0.39 is 11.8 Å². The average molecular weight is 284 g/mol. The van der Waals surface area contributed by atoms with Crippen LogP contribution >= 0.6 is 0 Å². The second-order valence-corrected chi connectivity index (χ2v) is 4.19. The van der Waals surface area contributed by atoms with Crippen LogP contribution in [-0.2, 0) is 4.79 Å². The molecule has 2 N–H and O–H groups in total. The van der Waals surface area contributed by atoms with E-state index in [1.807, 2.05) is 0 Å². The van der Waals surface area contributed by atoms with E-state index in [2.05, 4.69) is 10.9 Å². The number of nitrogens with one attached hydrogen (secondary N) is 2. The van der Waals surface area contributed by atoms with Gasteiger partial charge in [0.2, 0.25) is 0 Å². The standard InChI is InChI=1S/C16H13FN2O2/c17-14-9-6-12(7-10-14)8-11-15(20)18-19-16(21)13-4-2-1-3-5-13/h1-11H,(H,18,20)(H,19,21). The van der Waals surface area contributed by atoms with Crippen molar-refractivity contribution in [3.8, 4) is 0 Å². The minimum Gasteiger partial charge on any atom is -0.268 e. The van der Waals surface area contributed by atoms with E-state index in [1.54, 1.807) is 42.5 Å². The Morgan fingerprint density at radius 1 is 0.905 bits per heavy atom. The van der Waals surface area contributed by atoms with Crippen molar-refractivity contribution >= 4 is 17.9 Å². The summed E-state index contributed by atoms with van der Waals surface area (Å²) >= 11 is 0. The highest BCUT2D eigenvalue weighted by Crippen LogP contribution is 2.04. The molecule has 0 aliphatic heterocycles. The highest BCUT2D eigenvalue weighted by molar-refractivity contribution is 5.97. The molecule has 21 heavy (non-hydrogen) atoms. The molecule has 0 saturated heterocycles. The van der Waals surface area contributed by atoms with Crippen molar-refractivity contribution in [2.24, 2.45) is 0 Å². The number of halogens is 1. The molecule has 2 aromatic carbocycles. The van der Waals surface area contributed by atoms with Crippen LogP contribution in [0.2, 0.25) is 0 Å². The fraction of sp³-hybridized carbons (Fsp3) is 0. The number of hydrazine groups is 1. The summed E-state index contributed by atoms with van der Waals surface area (Å²) < 4.78 is 12.7. The SMILES string of the molecule is O=C(C=Cc1ccc(F)cc1)NNC(=O)c1ccccc1. The van der Waals surface area contributed by atoms with Crippen LogP contribution in [0, 0.1) is 5.82 Å². The number of benzene rings is 2. The lowest BCUT2D eigenvalue weighted by Gasteiger charge is -2.04. The predicted octanol–water partition coefficient (Wildman–Crippen LogP) is 2.30. The highest BCUT2D eigenvalue weighted by Gasteiger charge is 2.04. The number of hydrogen-bond acceptors (Lipinski definition) is 2. The van der Waals surface area contributed by atoms with Crippen LogP contribution in [0.25, 0.3) is 6.08 Å². The van der Waals surface area contributed by atoms with Crippen molar-refractivity contribution in [2.75, 3.05) is 0 Å². The van der Waals surface area contributed by atoms with Gasteiger partial charge in [0.05, 0.1) is 0 Å². The van der Waals surface area contributed by atoms with E-state index in [9.17, 15) is 14.0 Å². The van der Waals surface area contributed by atoms with Gasteiger partial charge in [-0.2, -0.15) is 0 Å². The van der Waals surface area contributed by atoms with E-state index in [-0.39, 0.29) is 5.82 Å². The van der Waals surface area contributed by atoms with Gasteiger partial charge in [0, 0.05) is 11.6 Å². The first-order valence-electron chi connectivity index (χ1n) is 6.24. The van der Waals surface area contributed by atoms with E-state index in [4.69, 9.17) is 0 Å². The van der Waals surface area contributed by atoms with E-state index in [0.29, 0.717) is 11.1 Å². The Morgan fingerprint density at radius 2 is 1.57 bits per heavy atom. The van der Waals surface area contributed by atoms with Gasteiger partial charge in [-0.15, -0.1) is 0 Å². The number of hydrogen-bond donors (Lipinski definition) is 2. The van der Waals surface area contributed by atoms with Gasteiger partial charge in [0.25, 0.3) is 11.8 Å². The van der Waals surface area contributed by atoms with Gasteiger partial charge in [-0.3, -0.25) is 20.4 Å². The van der Waals surface area contributed by atoms with Crippen molar-refractivity contribution in [3.05, 3.63) is 77.6 Å². The molecule has 0 saturated carbocycles. The molecular formula is C16H13FN2O2. The Balaban J connectivity index is 1.85. The molecule has 5 heteroatoms. The summed E-state index contributed by atoms with van der Waals surface area (Å²) in [6, 6.07) is 14.2. The number of rotatable bonds is 3. The average Bonchev–Trinajstić information content (AvgIpc) is 2.53. The molecule has 2 rings (SSSR count). The van der Waals surface area contributed by atoms with Crippen LogP contribution in [0.1, 0.15) is 15.9 Å². The molecule has 0 aromatic heterocycles. The smallest absolute Gasteiger partial charge is 0.268 e. The summed E-state index contributed by atoms with van der Waals surface area (Å²) in [6.45, 7) is 0. The molecule has 0 bridgehead atoms. The number of amides is 2.